The lowest BCUT2D eigenvalue weighted by molar-refractivity contribution is 0.0697. The summed E-state index contributed by atoms with van der Waals surface area (Å²) in [5.41, 5.74) is 0.853. The molecule has 7 heteroatoms. The van der Waals surface area contributed by atoms with Gasteiger partial charge in [0.05, 0.1) is 11.5 Å². The Morgan fingerprint density at radius 2 is 1.82 bits per heavy atom. The van der Waals surface area contributed by atoms with Crippen molar-refractivity contribution in [3.05, 3.63) is 54.1 Å². The fourth-order valence-corrected chi connectivity index (χ4v) is 4.26. The average Bonchev–Trinajstić information content (AvgIpc) is 2.68. The molecule has 1 heterocycles. The maximum atomic E-state index is 12.7. The Hall–Kier alpha value is -2.54. The predicted octanol–water partition coefficient (Wildman–Crippen LogP) is 3.76. The van der Waals surface area contributed by atoms with Crippen molar-refractivity contribution >= 4 is 21.6 Å². The predicted molar refractivity (Wildman–Crippen MR) is 109 cm³/mol. The normalized spacial score (nSPS) is 15.3. The van der Waals surface area contributed by atoms with Crippen LogP contribution in [-0.2, 0) is 10.0 Å². The summed E-state index contributed by atoms with van der Waals surface area (Å²) in [4.78, 5) is 14.7. The summed E-state index contributed by atoms with van der Waals surface area (Å²) in [5.74, 6) is 1.19. The number of piperidine rings is 1. The van der Waals surface area contributed by atoms with Crippen molar-refractivity contribution < 1.29 is 17.9 Å². The van der Waals surface area contributed by atoms with Crippen molar-refractivity contribution in [1.82, 2.24) is 4.90 Å². The van der Waals surface area contributed by atoms with Gasteiger partial charge in [0.1, 0.15) is 5.75 Å². The molecule has 150 valence electrons. The maximum Gasteiger partial charge on any atom is 0.261 e. The van der Waals surface area contributed by atoms with E-state index in [1.807, 2.05) is 11.8 Å². The molecule has 1 N–H and O–H groups in total. The minimum atomic E-state index is -3.75. The first kappa shape index (κ1) is 20.2. The topological polar surface area (TPSA) is 75.7 Å². The number of hydrogen-bond donors (Lipinski definition) is 1. The summed E-state index contributed by atoms with van der Waals surface area (Å²) in [6, 6.07) is 12.9. The summed E-state index contributed by atoms with van der Waals surface area (Å²) in [5, 5.41) is 0. The Morgan fingerprint density at radius 1 is 1.14 bits per heavy atom. The highest BCUT2D eigenvalue weighted by Gasteiger charge is 2.22. The second-order valence-electron chi connectivity index (χ2n) is 7.07. The second-order valence-corrected chi connectivity index (χ2v) is 8.75. The third-order valence-electron chi connectivity index (χ3n) is 4.88. The van der Waals surface area contributed by atoms with Crippen molar-refractivity contribution in [2.24, 2.45) is 5.92 Å². The molecule has 2 aromatic carbocycles. The van der Waals surface area contributed by atoms with E-state index in [1.165, 1.54) is 12.1 Å². The number of nitrogens with zero attached hydrogens (tertiary/aromatic N) is 1. The molecule has 1 saturated heterocycles. The summed E-state index contributed by atoms with van der Waals surface area (Å²) in [6.07, 6.45) is 1.99. The number of carbonyl (C=O) groups is 1. The fourth-order valence-electron chi connectivity index (χ4n) is 3.21. The zero-order valence-corrected chi connectivity index (χ0v) is 17.0. The monoisotopic (exact) mass is 402 g/mol. The van der Waals surface area contributed by atoms with Crippen LogP contribution in [0.25, 0.3) is 0 Å². The first-order valence-electron chi connectivity index (χ1n) is 9.54. The van der Waals surface area contributed by atoms with Gasteiger partial charge in [0.25, 0.3) is 15.9 Å². The molecule has 1 fully saturated rings. The molecule has 1 aliphatic rings. The van der Waals surface area contributed by atoms with Gasteiger partial charge in [0.2, 0.25) is 0 Å². The minimum absolute atomic E-state index is 0.0611. The van der Waals surface area contributed by atoms with E-state index < -0.39 is 10.0 Å². The van der Waals surface area contributed by atoms with Gasteiger partial charge in [0.15, 0.2) is 0 Å². The van der Waals surface area contributed by atoms with Crippen LogP contribution in [0.2, 0.25) is 0 Å². The van der Waals surface area contributed by atoms with Gasteiger partial charge in [-0.15, -0.1) is 0 Å². The van der Waals surface area contributed by atoms with E-state index in [0.717, 1.165) is 25.9 Å². The van der Waals surface area contributed by atoms with E-state index >= 15 is 0 Å². The molecule has 0 spiro atoms. The molecule has 0 saturated carbocycles. The Labute approximate surface area is 166 Å². The van der Waals surface area contributed by atoms with Crippen molar-refractivity contribution in [2.75, 3.05) is 24.4 Å². The Morgan fingerprint density at radius 3 is 2.46 bits per heavy atom. The van der Waals surface area contributed by atoms with Crippen molar-refractivity contribution in [3.63, 3.8) is 0 Å². The van der Waals surface area contributed by atoms with E-state index in [2.05, 4.69) is 11.6 Å². The lowest BCUT2D eigenvalue weighted by Gasteiger charge is -2.30. The van der Waals surface area contributed by atoms with Crippen LogP contribution in [0.1, 0.15) is 37.0 Å². The number of nitrogens with one attached hydrogen (secondary N) is 1. The molecule has 2 aromatic rings. The average molecular weight is 403 g/mol. The quantitative estimate of drug-likeness (QED) is 0.798. The number of anilines is 1. The lowest BCUT2D eigenvalue weighted by Crippen LogP contribution is -2.37. The van der Waals surface area contributed by atoms with E-state index in [-0.39, 0.29) is 10.8 Å². The van der Waals surface area contributed by atoms with Gasteiger partial charge >= 0.3 is 0 Å². The molecule has 3 rings (SSSR count). The highest BCUT2D eigenvalue weighted by atomic mass is 32.2. The highest BCUT2D eigenvalue weighted by Crippen LogP contribution is 2.22. The number of hydrogen-bond acceptors (Lipinski definition) is 4. The van der Waals surface area contributed by atoms with Crippen LogP contribution in [-0.4, -0.2) is 38.9 Å². The van der Waals surface area contributed by atoms with E-state index in [4.69, 9.17) is 4.74 Å². The zero-order valence-electron chi connectivity index (χ0n) is 16.2. The van der Waals surface area contributed by atoms with E-state index in [0.29, 0.717) is 29.5 Å². The number of rotatable bonds is 6. The number of carbonyl (C=O) groups excluding carboxylic acids is 1. The van der Waals surface area contributed by atoms with Crippen molar-refractivity contribution in [2.45, 2.75) is 31.6 Å². The van der Waals surface area contributed by atoms with Gasteiger partial charge in [-0.05, 0) is 68.1 Å². The number of benzene rings is 2. The number of amides is 1. The van der Waals surface area contributed by atoms with Gasteiger partial charge in [-0.2, -0.15) is 0 Å². The molecule has 1 aliphatic heterocycles. The van der Waals surface area contributed by atoms with Crippen molar-refractivity contribution in [1.29, 1.82) is 0 Å². The molecule has 0 aromatic heterocycles. The van der Waals surface area contributed by atoms with E-state index in [1.54, 1.807) is 36.4 Å². The molecule has 0 aliphatic carbocycles. The molecule has 0 atom stereocenters. The standard InChI is InChI=1S/C21H26N2O4S/c1-3-27-19-7-9-20(10-8-19)28(25,26)22-18-6-4-5-17(15-18)21(24)23-13-11-16(2)12-14-23/h4-10,15-16,22H,3,11-14H2,1-2H3. The molecular formula is C21H26N2O4S. The van der Waals surface area contributed by atoms with Crippen LogP contribution in [0.4, 0.5) is 5.69 Å². The minimum Gasteiger partial charge on any atom is -0.494 e. The zero-order chi connectivity index (χ0) is 20.1. The van der Waals surface area contributed by atoms with Crippen LogP contribution >= 0.6 is 0 Å². The van der Waals surface area contributed by atoms with Gasteiger partial charge in [-0.25, -0.2) is 8.42 Å². The second kappa shape index (κ2) is 8.65. The molecule has 0 unspecified atom stereocenters. The summed E-state index contributed by atoms with van der Waals surface area (Å²) in [6.45, 7) is 6.05. The van der Waals surface area contributed by atoms with Gasteiger partial charge in [0, 0.05) is 24.3 Å². The van der Waals surface area contributed by atoms with Crippen LogP contribution < -0.4 is 9.46 Å². The lowest BCUT2D eigenvalue weighted by atomic mass is 9.98. The summed E-state index contributed by atoms with van der Waals surface area (Å²) in [7, 11) is -3.75. The Bertz CT molecular complexity index is 918. The van der Waals surface area contributed by atoms with Crippen molar-refractivity contribution in [3.8, 4) is 5.75 Å². The number of ether oxygens (including phenoxy) is 1. The molecule has 1 amide bonds. The first-order valence-corrected chi connectivity index (χ1v) is 11.0. The fraction of sp³-hybridized carbons (Fsp3) is 0.381. The Balaban J connectivity index is 1.73. The van der Waals surface area contributed by atoms with Crippen LogP contribution in [0.3, 0.4) is 0 Å². The summed E-state index contributed by atoms with van der Waals surface area (Å²) >= 11 is 0. The number of sulfonamides is 1. The SMILES string of the molecule is CCOc1ccc(S(=O)(=O)Nc2cccc(C(=O)N3CCC(C)CC3)c2)cc1. The maximum absolute atomic E-state index is 12.7. The Kier molecular flexibility index (Phi) is 6.24. The van der Waals surface area contributed by atoms with Crippen LogP contribution in [0.15, 0.2) is 53.4 Å². The first-order chi connectivity index (χ1) is 13.4. The largest absolute Gasteiger partial charge is 0.494 e. The van der Waals surface area contributed by atoms with Gasteiger partial charge < -0.3 is 9.64 Å². The van der Waals surface area contributed by atoms with Gasteiger partial charge in [-0.3, -0.25) is 9.52 Å². The third-order valence-corrected chi connectivity index (χ3v) is 6.27. The molecule has 0 bridgehead atoms. The summed E-state index contributed by atoms with van der Waals surface area (Å²) < 4.78 is 33.2. The van der Waals surface area contributed by atoms with Crippen LogP contribution in [0, 0.1) is 5.92 Å². The molecule has 6 nitrogen and oxygen atoms in total. The molecule has 28 heavy (non-hydrogen) atoms. The molecular weight excluding hydrogens is 376 g/mol. The van der Waals surface area contributed by atoms with Gasteiger partial charge in [-0.1, -0.05) is 13.0 Å². The molecule has 0 radical (unpaired) electrons. The smallest absolute Gasteiger partial charge is 0.261 e. The number of likely N-dealkylation sites (tertiary alicyclic amines) is 1. The third kappa shape index (κ3) is 4.84. The van der Waals surface area contributed by atoms with Crippen LogP contribution in [0.5, 0.6) is 5.75 Å². The van der Waals surface area contributed by atoms with E-state index in [9.17, 15) is 13.2 Å². The highest BCUT2D eigenvalue weighted by molar-refractivity contribution is 7.92.